The van der Waals surface area contributed by atoms with Gasteiger partial charge in [0.15, 0.2) is 11.5 Å². The minimum Gasteiger partial charge on any atom is -0.366 e. The molecule has 7 nitrogen and oxygen atoms in total. The second-order valence-corrected chi connectivity index (χ2v) is 7.25. The summed E-state index contributed by atoms with van der Waals surface area (Å²) in [5.74, 6) is 0.955. The highest BCUT2D eigenvalue weighted by molar-refractivity contribution is 9.10. The number of hydrogen-bond acceptors (Lipinski definition) is 6. The predicted molar refractivity (Wildman–Crippen MR) is 99.3 cm³/mol. The minimum absolute atomic E-state index is 0.278. The third-order valence-corrected chi connectivity index (χ3v) is 4.65. The minimum atomic E-state index is -0.566. The number of fused-ring (bicyclic) bond motifs is 1. The molecule has 4 rings (SSSR count). The van der Waals surface area contributed by atoms with Crippen molar-refractivity contribution < 1.29 is 9.23 Å². The summed E-state index contributed by atoms with van der Waals surface area (Å²) >= 11 is 3.43. The molecule has 1 aliphatic heterocycles. The second-order valence-electron chi connectivity index (χ2n) is 6.39. The third-order valence-electron chi connectivity index (χ3n) is 3.88. The Kier molecular flexibility index (Phi) is 4.03. The highest BCUT2D eigenvalue weighted by atomic mass is 79.9. The Bertz CT molecular complexity index is 1020. The molecular formula is C17H16BrFN6O. The Morgan fingerprint density at radius 1 is 1.35 bits per heavy atom. The predicted octanol–water partition coefficient (Wildman–Crippen LogP) is 3.26. The molecule has 134 valence electrons. The van der Waals surface area contributed by atoms with Crippen molar-refractivity contribution in [2.24, 2.45) is 5.16 Å². The summed E-state index contributed by atoms with van der Waals surface area (Å²) in [6.45, 7) is 4.19. The van der Waals surface area contributed by atoms with Crippen LogP contribution in [0.4, 0.5) is 10.2 Å². The first-order chi connectivity index (χ1) is 12.4. The van der Waals surface area contributed by atoms with Gasteiger partial charge in [0.25, 0.3) is 0 Å². The molecule has 0 saturated carbocycles. The summed E-state index contributed by atoms with van der Waals surface area (Å²) in [5, 5.41) is 14.7. The van der Waals surface area contributed by atoms with Crippen LogP contribution >= 0.6 is 15.9 Å². The average Bonchev–Trinajstić information content (AvgIpc) is 3.18. The molecule has 0 bridgehead atoms. The van der Waals surface area contributed by atoms with E-state index in [1.165, 1.54) is 12.1 Å². The first-order valence-electron chi connectivity index (χ1n) is 7.98. The van der Waals surface area contributed by atoms with Crippen LogP contribution in [0.3, 0.4) is 0 Å². The van der Waals surface area contributed by atoms with Gasteiger partial charge in [0.05, 0.1) is 11.8 Å². The van der Waals surface area contributed by atoms with Gasteiger partial charge in [0.2, 0.25) is 5.72 Å². The van der Waals surface area contributed by atoms with Crippen LogP contribution in [0.2, 0.25) is 0 Å². The molecule has 9 heteroatoms. The molecule has 0 saturated heterocycles. The van der Waals surface area contributed by atoms with Crippen molar-refractivity contribution in [1.82, 2.24) is 19.9 Å². The topological polar surface area (TPSA) is 75.8 Å². The van der Waals surface area contributed by atoms with Crippen LogP contribution < -0.4 is 10.6 Å². The molecule has 0 spiro atoms. The van der Waals surface area contributed by atoms with Crippen molar-refractivity contribution in [3.05, 3.63) is 58.1 Å². The van der Waals surface area contributed by atoms with Gasteiger partial charge in [-0.3, -0.25) is 0 Å². The van der Waals surface area contributed by atoms with Gasteiger partial charge in [-0.2, -0.15) is 5.10 Å². The van der Waals surface area contributed by atoms with Crippen molar-refractivity contribution in [1.29, 1.82) is 0 Å². The zero-order chi connectivity index (χ0) is 18.3. The van der Waals surface area contributed by atoms with Crippen LogP contribution in [0.15, 0.2) is 46.3 Å². The fraction of sp³-hybridized carbons (Fsp3) is 0.235. The maximum Gasteiger partial charge on any atom is 0.203 e. The molecule has 0 radical (unpaired) electrons. The first kappa shape index (κ1) is 16.8. The molecule has 3 heterocycles. The fourth-order valence-corrected chi connectivity index (χ4v) is 2.99. The molecule has 0 fully saturated rings. The lowest BCUT2D eigenvalue weighted by Crippen LogP contribution is -2.38. The summed E-state index contributed by atoms with van der Waals surface area (Å²) in [6.07, 6.45) is 3.49. The number of anilines is 1. The highest BCUT2D eigenvalue weighted by Crippen LogP contribution is 2.21. The van der Waals surface area contributed by atoms with E-state index in [-0.39, 0.29) is 5.82 Å². The van der Waals surface area contributed by atoms with Crippen LogP contribution in [-0.4, -0.2) is 26.2 Å². The van der Waals surface area contributed by atoms with Crippen molar-refractivity contribution in [3.63, 3.8) is 0 Å². The number of amidine groups is 1. The van der Waals surface area contributed by atoms with Crippen LogP contribution in [0, 0.1) is 5.82 Å². The molecule has 3 aromatic rings. The van der Waals surface area contributed by atoms with Gasteiger partial charge in [-0.1, -0.05) is 21.1 Å². The van der Waals surface area contributed by atoms with E-state index in [1.54, 1.807) is 29.0 Å². The summed E-state index contributed by atoms with van der Waals surface area (Å²) in [5.41, 5.74) is 1.62. The van der Waals surface area contributed by atoms with E-state index in [0.717, 1.165) is 15.6 Å². The molecule has 2 N–H and O–H groups in total. The number of oxime groups is 1. The first-order valence-corrected chi connectivity index (χ1v) is 8.77. The average molecular weight is 419 g/mol. The fourth-order valence-electron chi connectivity index (χ4n) is 2.61. The number of aromatic nitrogens is 3. The highest BCUT2D eigenvalue weighted by Gasteiger charge is 2.30. The van der Waals surface area contributed by atoms with E-state index in [2.05, 4.69) is 41.8 Å². The SMILES string of the molecule is CC1(C)NC(c2cnn3ccc(NCc4cc(F)ccc4Br)nc23)=NO1. The van der Waals surface area contributed by atoms with Gasteiger partial charge in [0, 0.05) is 17.2 Å². The number of hydrogen-bond donors (Lipinski definition) is 2. The number of benzene rings is 1. The number of nitrogens with zero attached hydrogens (tertiary/aromatic N) is 4. The zero-order valence-electron chi connectivity index (χ0n) is 14.1. The van der Waals surface area contributed by atoms with E-state index >= 15 is 0 Å². The standard InChI is InChI=1S/C17H16BrFN6O/c1-17(2)23-15(24-26-17)12-9-21-25-6-5-14(22-16(12)25)20-8-10-7-11(19)3-4-13(10)18/h3-7,9H,8H2,1-2H3,(H,20,22)(H,23,24). The van der Waals surface area contributed by atoms with Crippen molar-refractivity contribution in [2.75, 3.05) is 5.32 Å². The van der Waals surface area contributed by atoms with Gasteiger partial charge in [0.1, 0.15) is 11.6 Å². The third kappa shape index (κ3) is 3.22. The number of nitrogens with one attached hydrogen (secondary N) is 2. The molecule has 0 atom stereocenters. The normalized spacial score (nSPS) is 15.5. The number of rotatable bonds is 4. The molecule has 0 aliphatic carbocycles. The van der Waals surface area contributed by atoms with E-state index in [0.29, 0.717) is 23.8 Å². The largest absolute Gasteiger partial charge is 0.366 e. The zero-order valence-corrected chi connectivity index (χ0v) is 15.7. The van der Waals surface area contributed by atoms with Gasteiger partial charge >= 0.3 is 0 Å². The summed E-state index contributed by atoms with van der Waals surface area (Å²) < 4.78 is 15.9. The molecule has 0 amide bonds. The maximum absolute atomic E-state index is 13.4. The van der Waals surface area contributed by atoms with E-state index in [1.807, 2.05) is 13.8 Å². The summed E-state index contributed by atoms with van der Waals surface area (Å²) in [7, 11) is 0. The smallest absolute Gasteiger partial charge is 0.203 e. The molecule has 0 unspecified atom stereocenters. The Morgan fingerprint density at radius 2 is 2.19 bits per heavy atom. The lowest BCUT2D eigenvalue weighted by molar-refractivity contribution is -0.00234. The lowest BCUT2D eigenvalue weighted by Gasteiger charge is -2.15. The second kappa shape index (κ2) is 6.24. The van der Waals surface area contributed by atoms with Crippen LogP contribution in [0.25, 0.3) is 5.65 Å². The van der Waals surface area contributed by atoms with Crippen LogP contribution in [-0.2, 0) is 11.4 Å². The molecule has 1 aliphatic rings. The van der Waals surface area contributed by atoms with E-state index in [4.69, 9.17) is 4.84 Å². The Hall–Kier alpha value is -2.68. The van der Waals surface area contributed by atoms with E-state index < -0.39 is 5.72 Å². The van der Waals surface area contributed by atoms with Gasteiger partial charge in [-0.25, -0.2) is 13.9 Å². The molecule has 1 aromatic carbocycles. The maximum atomic E-state index is 13.4. The Morgan fingerprint density at radius 3 is 2.96 bits per heavy atom. The van der Waals surface area contributed by atoms with E-state index in [9.17, 15) is 4.39 Å². The molecule has 26 heavy (non-hydrogen) atoms. The van der Waals surface area contributed by atoms with Crippen molar-refractivity contribution in [3.8, 4) is 0 Å². The van der Waals surface area contributed by atoms with Gasteiger partial charge < -0.3 is 15.5 Å². The summed E-state index contributed by atoms with van der Waals surface area (Å²) in [6, 6.07) is 6.39. The van der Waals surface area contributed by atoms with Crippen molar-refractivity contribution in [2.45, 2.75) is 26.1 Å². The Balaban J connectivity index is 1.59. The molecular weight excluding hydrogens is 403 g/mol. The van der Waals surface area contributed by atoms with Crippen LogP contribution in [0.5, 0.6) is 0 Å². The van der Waals surface area contributed by atoms with Crippen LogP contribution in [0.1, 0.15) is 25.0 Å². The summed E-state index contributed by atoms with van der Waals surface area (Å²) in [4.78, 5) is 9.94. The lowest BCUT2D eigenvalue weighted by atomic mass is 10.2. The quantitative estimate of drug-likeness (QED) is 0.679. The van der Waals surface area contributed by atoms with Crippen molar-refractivity contribution >= 4 is 33.2 Å². The van der Waals surface area contributed by atoms with Gasteiger partial charge in [-0.15, -0.1) is 0 Å². The molecule has 2 aromatic heterocycles. The number of halogens is 2. The van der Waals surface area contributed by atoms with Gasteiger partial charge in [-0.05, 0) is 43.7 Å². The monoisotopic (exact) mass is 418 g/mol. The Labute approximate surface area is 157 Å².